The number of esters is 1. The SMILES string of the molecule is CCOC(=O)/C=C/c1cnc(N[C@@H]2CCN(CC3CCCCC3)C2)nc1C. The van der Waals surface area contributed by atoms with Gasteiger partial charge in [0.1, 0.15) is 0 Å². The minimum Gasteiger partial charge on any atom is -0.463 e. The molecule has 0 bridgehead atoms. The van der Waals surface area contributed by atoms with Gasteiger partial charge in [-0.3, -0.25) is 0 Å². The Morgan fingerprint density at radius 1 is 1.33 bits per heavy atom. The summed E-state index contributed by atoms with van der Waals surface area (Å²) in [5, 5.41) is 3.48. The Bertz CT molecular complexity index is 656. The molecule has 6 heteroatoms. The third-order valence-corrected chi connectivity index (χ3v) is 5.55. The number of nitrogens with one attached hydrogen (secondary N) is 1. The van der Waals surface area contributed by atoms with Gasteiger partial charge in [0, 0.05) is 43.5 Å². The second kappa shape index (κ2) is 9.83. The molecule has 0 spiro atoms. The Hall–Kier alpha value is -1.95. The zero-order valence-corrected chi connectivity index (χ0v) is 16.6. The van der Waals surface area contributed by atoms with Crippen molar-refractivity contribution in [2.24, 2.45) is 5.92 Å². The van der Waals surface area contributed by atoms with Crippen LogP contribution in [0.25, 0.3) is 6.08 Å². The second-order valence-electron chi connectivity index (χ2n) is 7.71. The van der Waals surface area contributed by atoms with Crippen molar-refractivity contribution >= 4 is 18.0 Å². The molecule has 0 unspecified atom stereocenters. The molecule has 1 aromatic heterocycles. The summed E-state index contributed by atoms with van der Waals surface area (Å²) in [5.74, 6) is 1.22. The maximum atomic E-state index is 11.4. The van der Waals surface area contributed by atoms with Gasteiger partial charge in [-0.15, -0.1) is 0 Å². The van der Waals surface area contributed by atoms with Crippen LogP contribution < -0.4 is 5.32 Å². The zero-order chi connectivity index (χ0) is 19.1. The Balaban J connectivity index is 1.49. The van der Waals surface area contributed by atoms with E-state index >= 15 is 0 Å². The van der Waals surface area contributed by atoms with Crippen LogP contribution >= 0.6 is 0 Å². The molecule has 27 heavy (non-hydrogen) atoms. The van der Waals surface area contributed by atoms with Gasteiger partial charge in [-0.25, -0.2) is 14.8 Å². The van der Waals surface area contributed by atoms with E-state index in [0.29, 0.717) is 18.6 Å². The topological polar surface area (TPSA) is 67.3 Å². The van der Waals surface area contributed by atoms with Crippen LogP contribution in [0.2, 0.25) is 0 Å². The van der Waals surface area contributed by atoms with Crippen LogP contribution in [0.1, 0.15) is 56.7 Å². The monoisotopic (exact) mass is 372 g/mol. The number of ether oxygens (including phenoxy) is 1. The summed E-state index contributed by atoms with van der Waals surface area (Å²) < 4.78 is 4.90. The van der Waals surface area contributed by atoms with Gasteiger partial charge < -0.3 is 15.0 Å². The number of carbonyl (C=O) groups is 1. The van der Waals surface area contributed by atoms with Crippen LogP contribution in [-0.4, -0.2) is 53.1 Å². The average molecular weight is 373 g/mol. The average Bonchev–Trinajstić information content (AvgIpc) is 3.09. The van der Waals surface area contributed by atoms with E-state index in [1.807, 2.05) is 6.92 Å². The van der Waals surface area contributed by atoms with E-state index in [1.54, 1.807) is 19.2 Å². The molecule has 1 saturated heterocycles. The molecule has 1 aliphatic heterocycles. The maximum absolute atomic E-state index is 11.4. The minimum absolute atomic E-state index is 0.344. The minimum atomic E-state index is -0.344. The first kappa shape index (κ1) is 19.8. The van der Waals surface area contributed by atoms with E-state index in [0.717, 1.165) is 36.7 Å². The lowest BCUT2D eigenvalue weighted by Gasteiger charge is -2.26. The predicted octanol–water partition coefficient (Wildman–Crippen LogP) is 3.43. The third-order valence-electron chi connectivity index (χ3n) is 5.55. The molecule has 0 aromatic carbocycles. The van der Waals surface area contributed by atoms with Crippen molar-refractivity contribution in [2.45, 2.75) is 58.4 Å². The molecule has 2 fully saturated rings. The molecule has 1 saturated carbocycles. The molecule has 1 aromatic rings. The van der Waals surface area contributed by atoms with Crippen LogP contribution in [0.15, 0.2) is 12.3 Å². The molecule has 1 atom stereocenters. The van der Waals surface area contributed by atoms with Crippen molar-refractivity contribution in [1.82, 2.24) is 14.9 Å². The standard InChI is InChI=1S/C21H32N4O2/c1-3-27-20(26)10-9-18-13-22-21(23-16(18)2)24-19-11-12-25(15-19)14-17-7-5-4-6-8-17/h9-10,13,17,19H,3-8,11-12,14-15H2,1-2H3,(H,22,23,24)/b10-9+/t19-/m1/s1. The highest BCUT2D eigenvalue weighted by molar-refractivity contribution is 5.87. The predicted molar refractivity (Wildman–Crippen MR) is 107 cm³/mol. The largest absolute Gasteiger partial charge is 0.463 e. The van der Waals surface area contributed by atoms with Gasteiger partial charge in [0.25, 0.3) is 0 Å². The normalized spacial score (nSPS) is 21.6. The van der Waals surface area contributed by atoms with Gasteiger partial charge in [-0.05, 0) is 45.1 Å². The highest BCUT2D eigenvalue weighted by Crippen LogP contribution is 2.26. The van der Waals surface area contributed by atoms with Crippen molar-refractivity contribution in [1.29, 1.82) is 0 Å². The highest BCUT2D eigenvalue weighted by atomic mass is 16.5. The molecular weight excluding hydrogens is 340 g/mol. The van der Waals surface area contributed by atoms with E-state index in [1.165, 1.54) is 44.7 Å². The molecule has 0 radical (unpaired) electrons. The van der Waals surface area contributed by atoms with Gasteiger partial charge >= 0.3 is 5.97 Å². The number of aromatic nitrogens is 2. The zero-order valence-electron chi connectivity index (χ0n) is 16.6. The number of rotatable bonds is 7. The molecule has 148 valence electrons. The fourth-order valence-electron chi connectivity index (χ4n) is 4.09. The number of likely N-dealkylation sites (tertiary alicyclic amines) is 1. The Kier molecular flexibility index (Phi) is 7.21. The lowest BCUT2D eigenvalue weighted by atomic mass is 9.89. The van der Waals surface area contributed by atoms with Gasteiger partial charge in [-0.2, -0.15) is 0 Å². The molecule has 1 aliphatic carbocycles. The fraction of sp³-hybridized carbons (Fsp3) is 0.667. The number of hydrogen-bond acceptors (Lipinski definition) is 6. The van der Waals surface area contributed by atoms with Crippen molar-refractivity contribution in [3.63, 3.8) is 0 Å². The van der Waals surface area contributed by atoms with Crippen LogP contribution in [0, 0.1) is 12.8 Å². The van der Waals surface area contributed by atoms with E-state index in [-0.39, 0.29) is 5.97 Å². The molecule has 6 nitrogen and oxygen atoms in total. The summed E-state index contributed by atoms with van der Waals surface area (Å²) in [7, 11) is 0. The number of nitrogens with zero attached hydrogens (tertiary/aromatic N) is 3. The summed E-state index contributed by atoms with van der Waals surface area (Å²) in [6.07, 6.45) is 13.1. The molecule has 0 amide bonds. The van der Waals surface area contributed by atoms with Crippen molar-refractivity contribution < 1.29 is 9.53 Å². The van der Waals surface area contributed by atoms with Gasteiger partial charge in [0.05, 0.1) is 12.3 Å². The van der Waals surface area contributed by atoms with Crippen molar-refractivity contribution in [3.05, 3.63) is 23.5 Å². The first-order valence-electron chi connectivity index (χ1n) is 10.3. The smallest absolute Gasteiger partial charge is 0.330 e. The first-order valence-corrected chi connectivity index (χ1v) is 10.3. The van der Waals surface area contributed by atoms with E-state index < -0.39 is 0 Å². The molecule has 2 aliphatic rings. The van der Waals surface area contributed by atoms with E-state index in [9.17, 15) is 4.79 Å². The molecule has 2 heterocycles. The Labute approximate surface area is 162 Å². The quantitative estimate of drug-likeness (QED) is 0.584. The summed E-state index contributed by atoms with van der Waals surface area (Å²) in [5.41, 5.74) is 1.68. The number of anilines is 1. The van der Waals surface area contributed by atoms with E-state index in [4.69, 9.17) is 4.74 Å². The number of carbonyl (C=O) groups excluding carboxylic acids is 1. The van der Waals surface area contributed by atoms with Crippen molar-refractivity contribution in [3.8, 4) is 0 Å². The fourth-order valence-corrected chi connectivity index (χ4v) is 4.09. The lowest BCUT2D eigenvalue weighted by Crippen LogP contribution is -2.31. The van der Waals surface area contributed by atoms with Gasteiger partial charge in [0.15, 0.2) is 0 Å². The third kappa shape index (κ3) is 6.03. The van der Waals surface area contributed by atoms with Crippen LogP contribution in [-0.2, 0) is 9.53 Å². The lowest BCUT2D eigenvalue weighted by molar-refractivity contribution is -0.137. The van der Waals surface area contributed by atoms with Gasteiger partial charge in [0.2, 0.25) is 5.95 Å². The number of hydrogen-bond donors (Lipinski definition) is 1. The second-order valence-corrected chi connectivity index (χ2v) is 7.71. The molecule has 3 rings (SSSR count). The Morgan fingerprint density at radius 2 is 2.15 bits per heavy atom. The number of aryl methyl sites for hydroxylation is 1. The molecular formula is C21H32N4O2. The van der Waals surface area contributed by atoms with Gasteiger partial charge in [-0.1, -0.05) is 19.3 Å². The summed E-state index contributed by atoms with van der Waals surface area (Å²) in [6, 6.07) is 0.411. The summed E-state index contributed by atoms with van der Waals surface area (Å²) in [4.78, 5) is 23.0. The van der Waals surface area contributed by atoms with Crippen molar-refractivity contribution in [2.75, 3.05) is 31.6 Å². The Morgan fingerprint density at radius 3 is 2.89 bits per heavy atom. The van der Waals surface area contributed by atoms with Crippen LogP contribution in [0.3, 0.4) is 0 Å². The summed E-state index contributed by atoms with van der Waals surface area (Å²) in [6.45, 7) is 7.58. The first-order chi connectivity index (χ1) is 13.1. The highest BCUT2D eigenvalue weighted by Gasteiger charge is 2.25. The van der Waals surface area contributed by atoms with Crippen LogP contribution in [0.4, 0.5) is 5.95 Å². The summed E-state index contributed by atoms with van der Waals surface area (Å²) >= 11 is 0. The van der Waals surface area contributed by atoms with Crippen LogP contribution in [0.5, 0.6) is 0 Å². The maximum Gasteiger partial charge on any atom is 0.330 e. The van der Waals surface area contributed by atoms with E-state index in [2.05, 4.69) is 20.2 Å². The molecule has 1 N–H and O–H groups in total.